The highest BCUT2D eigenvalue weighted by atomic mass is 16.5. The van der Waals surface area contributed by atoms with Crippen LogP contribution < -0.4 is 4.74 Å². The Morgan fingerprint density at radius 1 is 1.09 bits per heavy atom. The Kier molecular flexibility index (Phi) is 4.10. The van der Waals surface area contributed by atoms with Crippen LogP contribution in [0.2, 0.25) is 0 Å². The SMILES string of the molecule is O=C(O)CCc1c[nH]c2c(OCc3ccccc3)cccc12. The zero-order valence-corrected chi connectivity index (χ0v) is 12.1. The van der Waals surface area contributed by atoms with Crippen molar-refractivity contribution >= 4 is 16.9 Å². The number of para-hydroxylation sites is 1. The second kappa shape index (κ2) is 6.35. The van der Waals surface area contributed by atoms with Crippen molar-refractivity contribution in [1.82, 2.24) is 4.98 Å². The number of hydrogen-bond donors (Lipinski definition) is 2. The topological polar surface area (TPSA) is 62.3 Å². The van der Waals surface area contributed by atoms with Crippen molar-refractivity contribution < 1.29 is 14.6 Å². The molecule has 0 aliphatic rings. The van der Waals surface area contributed by atoms with Gasteiger partial charge in [0.05, 0.1) is 5.52 Å². The number of rotatable bonds is 6. The van der Waals surface area contributed by atoms with Gasteiger partial charge in [-0.25, -0.2) is 0 Å². The average molecular weight is 295 g/mol. The molecule has 0 saturated heterocycles. The summed E-state index contributed by atoms with van der Waals surface area (Å²) in [5.41, 5.74) is 3.03. The van der Waals surface area contributed by atoms with Crippen molar-refractivity contribution in [2.45, 2.75) is 19.4 Å². The molecule has 4 nitrogen and oxygen atoms in total. The third-order valence-electron chi connectivity index (χ3n) is 3.61. The minimum absolute atomic E-state index is 0.127. The van der Waals surface area contributed by atoms with E-state index in [1.165, 1.54) is 0 Å². The number of H-pyrrole nitrogens is 1. The lowest BCUT2D eigenvalue weighted by Gasteiger charge is -2.07. The molecule has 0 bridgehead atoms. The van der Waals surface area contributed by atoms with E-state index in [1.807, 2.05) is 54.7 Å². The number of ether oxygens (including phenoxy) is 1. The molecule has 0 unspecified atom stereocenters. The summed E-state index contributed by atoms with van der Waals surface area (Å²) in [6.07, 6.45) is 2.50. The first-order valence-corrected chi connectivity index (χ1v) is 7.21. The van der Waals surface area contributed by atoms with Crippen LogP contribution in [-0.2, 0) is 17.8 Å². The summed E-state index contributed by atoms with van der Waals surface area (Å²) in [5.74, 6) is -0.00578. The van der Waals surface area contributed by atoms with Gasteiger partial charge in [0.1, 0.15) is 12.4 Å². The van der Waals surface area contributed by atoms with Crippen LogP contribution in [0.25, 0.3) is 10.9 Å². The Morgan fingerprint density at radius 2 is 1.91 bits per heavy atom. The van der Waals surface area contributed by atoms with Crippen molar-refractivity contribution in [3.63, 3.8) is 0 Å². The van der Waals surface area contributed by atoms with Crippen LogP contribution in [-0.4, -0.2) is 16.1 Å². The van der Waals surface area contributed by atoms with Crippen molar-refractivity contribution in [1.29, 1.82) is 0 Å². The molecule has 112 valence electrons. The number of carbonyl (C=O) groups is 1. The zero-order valence-electron chi connectivity index (χ0n) is 12.1. The third kappa shape index (κ3) is 3.11. The minimum Gasteiger partial charge on any atom is -0.487 e. The van der Waals surface area contributed by atoms with E-state index in [-0.39, 0.29) is 6.42 Å². The molecule has 0 amide bonds. The maximum absolute atomic E-state index is 10.7. The second-order valence-corrected chi connectivity index (χ2v) is 5.16. The molecule has 2 aromatic carbocycles. The molecule has 4 heteroatoms. The number of fused-ring (bicyclic) bond motifs is 1. The van der Waals surface area contributed by atoms with Gasteiger partial charge in [0.2, 0.25) is 0 Å². The highest BCUT2D eigenvalue weighted by Crippen LogP contribution is 2.28. The molecule has 22 heavy (non-hydrogen) atoms. The number of carboxylic acids is 1. The van der Waals surface area contributed by atoms with E-state index in [0.29, 0.717) is 13.0 Å². The summed E-state index contributed by atoms with van der Waals surface area (Å²) in [6.45, 7) is 0.503. The average Bonchev–Trinajstić information content (AvgIpc) is 2.95. The first-order chi connectivity index (χ1) is 10.7. The molecule has 3 rings (SSSR count). The van der Waals surface area contributed by atoms with Crippen LogP contribution >= 0.6 is 0 Å². The molecule has 0 spiro atoms. The van der Waals surface area contributed by atoms with E-state index < -0.39 is 5.97 Å². The smallest absolute Gasteiger partial charge is 0.303 e. The molecule has 0 fully saturated rings. The number of hydrogen-bond acceptors (Lipinski definition) is 2. The quantitative estimate of drug-likeness (QED) is 0.727. The van der Waals surface area contributed by atoms with Gasteiger partial charge in [0.15, 0.2) is 0 Å². The maximum Gasteiger partial charge on any atom is 0.303 e. The van der Waals surface area contributed by atoms with Gasteiger partial charge in [-0.3, -0.25) is 4.79 Å². The van der Waals surface area contributed by atoms with Crippen molar-refractivity contribution in [3.05, 3.63) is 65.9 Å². The van der Waals surface area contributed by atoms with Crippen LogP contribution in [0.3, 0.4) is 0 Å². The third-order valence-corrected chi connectivity index (χ3v) is 3.61. The van der Waals surface area contributed by atoms with Gasteiger partial charge in [0, 0.05) is 18.0 Å². The van der Waals surface area contributed by atoms with E-state index in [1.54, 1.807) is 0 Å². The Labute approximate surface area is 128 Å². The fourth-order valence-electron chi connectivity index (χ4n) is 2.49. The monoisotopic (exact) mass is 295 g/mol. The Hall–Kier alpha value is -2.75. The first-order valence-electron chi connectivity index (χ1n) is 7.21. The number of nitrogens with one attached hydrogen (secondary N) is 1. The second-order valence-electron chi connectivity index (χ2n) is 5.16. The molecule has 1 heterocycles. The predicted molar refractivity (Wildman–Crippen MR) is 85.0 cm³/mol. The predicted octanol–water partition coefficient (Wildman–Crippen LogP) is 3.76. The van der Waals surface area contributed by atoms with E-state index in [4.69, 9.17) is 9.84 Å². The van der Waals surface area contributed by atoms with E-state index >= 15 is 0 Å². The van der Waals surface area contributed by atoms with E-state index in [9.17, 15) is 4.79 Å². The Balaban J connectivity index is 1.80. The number of benzene rings is 2. The molecule has 2 N–H and O–H groups in total. The summed E-state index contributed by atoms with van der Waals surface area (Å²) < 4.78 is 5.90. The van der Waals surface area contributed by atoms with E-state index in [2.05, 4.69) is 4.98 Å². The van der Waals surface area contributed by atoms with Crippen molar-refractivity contribution in [2.24, 2.45) is 0 Å². The van der Waals surface area contributed by atoms with Crippen LogP contribution in [0.15, 0.2) is 54.7 Å². The van der Waals surface area contributed by atoms with Gasteiger partial charge < -0.3 is 14.8 Å². The molecule has 3 aromatic rings. The largest absolute Gasteiger partial charge is 0.487 e. The summed E-state index contributed by atoms with van der Waals surface area (Å²) in [7, 11) is 0. The first kappa shape index (κ1) is 14.2. The van der Waals surface area contributed by atoms with Gasteiger partial charge >= 0.3 is 5.97 Å². The van der Waals surface area contributed by atoms with Gasteiger partial charge in [-0.05, 0) is 23.6 Å². The Morgan fingerprint density at radius 3 is 2.68 bits per heavy atom. The number of carboxylic acid groups (broad SMARTS) is 1. The standard InChI is InChI=1S/C18H17NO3/c20-17(21)10-9-14-11-19-18-15(14)7-4-8-16(18)22-12-13-5-2-1-3-6-13/h1-8,11,19H,9-10,12H2,(H,20,21). The van der Waals surface area contributed by atoms with E-state index in [0.717, 1.165) is 27.8 Å². The summed E-state index contributed by atoms with van der Waals surface area (Å²) >= 11 is 0. The van der Waals surface area contributed by atoms with Gasteiger partial charge in [0.25, 0.3) is 0 Å². The minimum atomic E-state index is -0.786. The maximum atomic E-state index is 10.7. The summed E-state index contributed by atoms with van der Waals surface area (Å²) in [6, 6.07) is 15.8. The lowest BCUT2D eigenvalue weighted by Crippen LogP contribution is -1.97. The van der Waals surface area contributed by atoms with Crippen LogP contribution in [0.1, 0.15) is 17.5 Å². The lowest BCUT2D eigenvalue weighted by atomic mass is 10.1. The van der Waals surface area contributed by atoms with Gasteiger partial charge in [-0.15, -0.1) is 0 Å². The number of aromatic amines is 1. The molecular weight excluding hydrogens is 278 g/mol. The molecule has 0 atom stereocenters. The highest BCUT2D eigenvalue weighted by Gasteiger charge is 2.09. The molecular formula is C18H17NO3. The molecule has 0 radical (unpaired) electrons. The normalized spacial score (nSPS) is 10.7. The van der Waals surface area contributed by atoms with Gasteiger partial charge in [-0.1, -0.05) is 42.5 Å². The summed E-state index contributed by atoms with van der Waals surface area (Å²) in [5, 5.41) is 9.83. The fourth-order valence-corrected chi connectivity index (χ4v) is 2.49. The van der Waals surface area contributed by atoms with Crippen LogP contribution in [0.4, 0.5) is 0 Å². The number of aromatic nitrogens is 1. The number of aryl methyl sites for hydroxylation is 1. The highest BCUT2D eigenvalue weighted by molar-refractivity contribution is 5.88. The Bertz CT molecular complexity index is 777. The van der Waals surface area contributed by atoms with Crippen molar-refractivity contribution in [3.8, 4) is 5.75 Å². The van der Waals surface area contributed by atoms with Crippen LogP contribution in [0, 0.1) is 0 Å². The zero-order chi connectivity index (χ0) is 15.4. The van der Waals surface area contributed by atoms with Gasteiger partial charge in [-0.2, -0.15) is 0 Å². The molecule has 0 aliphatic carbocycles. The fraction of sp³-hybridized carbons (Fsp3) is 0.167. The molecule has 0 aliphatic heterocycles. The summed E-state index contributed by atoms with van der Waals surface area (Å²) in [4.78, 5) is 13.9. The lowest BCUT2D eigenvalue weighted by molar-refractivity contribution is -0.136. The van der Waals surface area contributed by atoms with Crippen LogP contribution in [0.5, 0.6) is 5.75 Å². The van der Waals surface area contributed by atoms with Crippen molar-refractivity contribution in [2.75, 3.05) is 0 Å². The molecule has 0 saturated carbocycles. The number of aliphatic carboxylic acids is 1. The molecule has 1 aromatic heterocycles.